The van der Waals surface area contributed by atoms with Gasteiger partial charge in [0, 0.05) is 0 Å². The van der Waals surface area contributed by atoms with E-state index in [-0.39, 0.29) is 0 Å². The normalized spacial score (nSPS) is 12.1. The molecule has 11 aromatic carbocycles. The highest BCUT2D eigenvalue weighted by Crippen LogP contribution is 2.40. The summed E-state index contributed by atoms with van der Waals surface area (Å²) in [5.74, 6) is 0. The van der Waals surface area contributed by atoms with Gasteiger partial charge in [0.15, 0.2) is 16.1 Å². The first kappa shape index (κ1) is 34.4. The number of hydrogen-bond acceptors (Lipinski definition) is 0. The van der Waals surface area contributed by atoms with Crippen LogP contribution < -0.4 is 41.5 Å². The molecule has 0 aliphatic heterocycles. The van der Waals surface area contributed by atoms with Crippen LogP contribution in [0.4, 0.5) is 0 Å². The van der Waals surface area contributed by atoms with Crippen LogP contribution in [0.25, 0.3) is 43.1 Å². The number of hydrogen-bond donors (Lipinski definition) is 0. The summed E-state index contributed by atoms with van der Waals surface area (Å²) in [7, 11) is -5.59. The van der Waals surface area contributed by atoms with E-state index in [1.807, 2.05) is 0 Å². The van der Waals surface area contributed by atoms with Crippen LogP contribution in [-0.4, -0.2) is 16.1 Å². The quantitative estimate of drug-likeness (QED) is 0.0630. The lowest BCUT2D eigenvalue weighted by Crippen LogP contribution is -2.74. The minimum atomic E-state index is -2.79. The molecule has 0 unspecified atom stereocenters. The van der Waals surface area contributed by atoms with Crippen LogP contribution in [0.3, 0.4) is 0 Å². The minimum absolute atomic E-state index is 1.31. The van der Waals surface area contributed by atoms with Crippen LogP contribution in [0.1, 0.15) is 0 Å². The fraction of sp³-hybridized carbons (Fsp3) is 0. The lowest BCUT2D eigenvalue weighted by Gasteiger charge is -2.36. The van der Waals surface area contributed by atoms with Gasteiger partial charge in [0.05, 0.1) is 0 Å². The lowest BCUT2D eigenvalue weighted by atomic mass is 9.90. The molecule has 0 atom stereocenters. The molecule has 0 spiro atoms. The fourth-order valence-corrected chi connectivity index (χ4v) is 20.3. The van der Waals surface area contributed by atoms with Crippen molar-refractivity contribution in [3.63, 3.8) is 0 Å². The Bertz CT molecular complexity index is 2750. The third kappa shape index (κ3) is 4.99. The number of rotatable bonds is 8. The van der Waals surface area contributed by atoms with Gasteiger partial charge in [0.1, 0.15) is 0 Å². The maximum absolute atomic E-state index is 2.79. The zero-order chi connectivity index (χ0) is 38.5. The van der Waals surface area contributed by atoms with Crippen molar-refractivity contribution >= 4 is 101 Å². The van der Waals surface area contributed by atoms with Crippen LogP contribution in [0.15, 0.2) is 243 Å². The van der Waals surface area contributed by atoms with Gasteiger partial charge in [-0.2, -0.15) is 0 Å². The van der Waals surface area contributed by atoms with E-state index < -0.39 is 16.1 Å². The molecule has 0 amide bonds. The minimum Gasteiger partial charge on any atom is -0.0623 e. The zero-order valence-corrected chi connectivity index (χ0v) is 34.1. The number of benzene rings is 11. The smallest absolute Gasteiger partial charge is 0.0623 e. The van der Waals surface area contributed by atoms with Crippen molar-refractivity contribution < 1.29 is 0 Å². The Kier molecular flexibility index (Phi) is 8.28. The summed E-state index contributed by atoms with van der Waals surface area (Å²) in [6.45, 7) is 0. The summed E-state index contributed by atoms with van der Waals surface area (Å²) >= 11 is 0. The van der Waals surface area contributed by atoms with E-state index in [1.165, 1.54) is 84.6 Å². The third-order valence-corrected chi connectivity index (χ3v) is 22.4. The summed E-state index contributed by atoms with van der Waals surface area (Å²) in [6, 6.07) is 91.8. The Morgan fingerprint density at radius 3 is 0.655 bits per heavy atom. The zero-order valence-electron chi connectivity index (χ0n) is 32.1. The van der Waals surface area contributed by atoms with E-state index in [0.717, 1.165) is 0 Å². The van der Waals surface area contributed by atoms with Crippen molar-refractivity contribution in [2.75, 3.05) is 0 Å². The Hall–Kier alpha value is -6.85. The molecule has 0 saturated heterocycles. The van der Waals surface area contributed by atoms with E-state index in [2.05, 4.69) is 243 Å². The van der Waals surface area contributed by atoms with E-state index in [0.29, 0.717) is 0 Å². The van der Waals surface area contributed by atoms with Gasteiger partial charge in [0.2, 0.25) is 0 Å². The molecule has 0 fully saturated rings. The van der Waals surface area contributed by atoms with Crippen LogP contribution in [0, 0.1) is 0 Å². The van der Waals surface area contributed by atoms with E-state index >= 15 is 0 Å². The summed E-state index contributed by atoms with van der Waals surface area (Å²) in [5, 5.41) is 21.8. The van der Waals surface area contributed by atoms with Gasteiger partial charge in [-0.15, -0.1) is 0 Å². The van der Waals surface area contributed by atoms with Crippen molar-refractivity contribution in [2.24, 2.45) is 0 Å². The van der Waals surface area contributed by atoms with Crippen molar-refractivity contribution in [3.8, 4) is 0 Å². The van der Waals surface area contributed by atoms with Crippen molar-refractivity contribution in [2.45, 2.75) is 0 Å². The molecule has 0 saturated carbocycles. The Morgan fingerprint density at radius 2 is 0.397 bits per heavy atom. The van der Waals surface area contributed by atoms with Gasteiger partial charge in [-0.3, -0.25) is 0 Å². The SMILES string of the molecule is c1ccc([Si](c2ccccc2)(c2ccccc2)c2ccc3c4cccc5c([Si](c6ccccc6)(c6ccccc6)c6ccccc6)ccc(c6cccc2c63)c54)cc1. The first-order valence-corrected chi connectivity index (χ1v) is 24.3. The standard InChI is InChI=1S/C56H40Si2/c1-7-21-41(22-8-1)57(42-23-9-2-10-24-42,43-25-11-3-12-26-43)53-39-37-49-48-34-20-36-52-54(40-38-50(56(48)52)47-33-19-35-51(53)55(47)49)58(44-27-13-4-14-28-44,45-29-15-5-16-30-45)46-31-17-6-18-32-46/h1-40H. The van der Waals surface area contributed by atoms with Crippen LogP contribution in [0.2, 0.25) is 0 Å². The van der Waals surface area contributed by atoms with E-state index in [1.54, 1.807) is 0 Å². The topological polar surface area (TPSA) is 0 Å². The maximum Gasteiger partial charge on any atom is 0.180 e. The third-order valence-electron chi connectivity index (χ3n) is 12.7. The monoisotopic (exact) mass is 768 g/mol. The second-order valence-electron chi connectivity index (χ2n) is 15.5. The molecular formula is C56H40Si2. The molecular weight excluding hydrogens is 729 g/mol. The second kappa shape index (κ2) is 14.0. The average molecular weight is 769 g/mol. The first-order valence-electron chi connectivity index (χ1n) is 20.3. The van der Waals surface area contributed by atoms with Crippen LogP contribution in [-0.2, 0) is 0 Å². The van der Waals surface area contributed by atoms with Gasteiger partial charge < -0.3 is 0 Å². The molecule has 2 heteroatoms. The molecule has 0 aromatic heterocycles. The van der Waals surface area contributed by atoms with Crippen LogP contribution in [0.5, 0.6) is 0 Å². The molecule has 58 heavy (non-hydrogen) atoms. The van der Waals surface area contributed by atoms with Crippen molar-refractivity contribution in [1.29, 1.82) is 0 Å². The molecule has 0 radical (unpaired) electrons. The highest BCUT2D eigenvalue weighted by atomic mass is 28.3. The van der Waals surface area contributed by atoms with Crippen molar-refractivity contribution in [3.05, 3.63) is 243 Å². The van der Waals surface area contributed by atoms with E-state index in [9.17, 15) is 0 Å². The summed E-state index contributed by atoms with van der Waals surface area (Å²) < 4.78 is 0. The maximum atomic E-state index is 2.49. The summed E-state index contributed by atoms with van der Waals surface area (Å²) in [6.07, 6.45) is 0. The second-order valence-corrected chi connectivity index (χ2v) is 23.0. The first-order chi connectivity index (χ1) is 28.8. The molecule has 11 aromatic rings. The van der Waals surface area contributed by atoms with Gasteiger partial charge in [-0.1, -0.05) is 243 Å². The Morgan fingerprint density at radius 1 is 0.172 bits per heavy atom. The lowest BCUT2D eigenvalue weighted by molar-refractivity contribution is 1.68. The molecule has 11 rings (SSSR count). The van der Waals surface area contributed by atoms with Gasteiger partial charge in [-0.25, -0.2) is 0 Å². The molecule has 0 N–H and O–H groups in total. The molecule has 0 nitrogen and oxygen atoms in total. The number of fused-ring (bicyclic) bond motifs is 2. The van der Waals surface area contributed by atoms with Gasteiger partial charge in [0.25, 0.3) is 0 Å². The largest absolute Gasteiger partial charge is 0.180 e. The summed E-state index contributed by atoms with van der Waals surface area (Å²) in [4.78, 5) is 0. The molecule has 0 heterocycles. The fourth-order valence-electron chi connectivity index (χ4n) is 10.4. The predicted molar refractivity (Wildman–Crippen MR) is 255 cm³/mol. The predicted octanol–water partition coefficient (Wildman–Crippen LogP) is 8.49. The summed E-state index contributed by atoms with van der Waals surface area (Å²) in [5.41, 5.74) is 0. The van der Waals surface area contributed by atoms with Gasteiger partial charge in [-0.05, 0) is 84.6 Å². The Balaban J connectivity index is 1.27. The molecule has 0 bridgehead atoms. The van der Waals surface area contributed by atoms with Crippen molar-refractivity contribution in [1.82, 2.24) is 0 Å². The van der Waals surface area contributed by atoms with E-state index in [4.69, 9.17) is 0 Å². The molecule has 272 valence electrons. The average Bonchev–Trinajstić information content (AvgIpc) is 3.31. The van der Waals surface area contributed by atoms with Crippen LogP contribution >= 0.6 is 0 Å². The highest BCUT2D eigenvalue weighted by Gasteiger charge is 2.44. The molecule has 0 aliphatic rings. The molecule has 0 aliphatic carbocycles. The highest BCUT2D eigenvalue weighted by molar-refractivity contribution is 7.21. The van der Waals surface area contributed by atoms with Gasteiger partial charge >= 0.3 is 0 Å². The Labute approximate surface area is 341 Å².